The zero-order valence-corrected chi connectivity index (χ0v) is 42.8. The van der Waals surface area contributed by atoms with E-state index in [9.17, 15) is 33.7 Å². The molecule has 0 aliphatic carbocycles. The summed E-state index contributed by atoms with van der Waals surface area (Å²) in [4.78, 5) is 12.1. The molecule has 23 heteroatoms. The highest BCUT2D eigenvalue weighted by Crippen LogP contribution is 2.33. The van der Waals surface area contributed by atoms with Crippen molar-refractivity contribution in [1.29, 1.82) is 0 Å². The third kappa shape index (κ3) is 15.3. The lowest BCUT2D eigenvalue weighted by Crippen LogP contribution is -2.49. The number of anilines is 3. The fourth-order valence-electron chi connectivity index (χ4n) is 6.41. The Bertz CT molecular complexity index is 3220. The Morgan fingerprint density at radius 1 is 0.594 bits per heavy atom. The van der Waals surface area contributed by atoms with Gasteiger partial charge in [0.25, 0.3) is 29.1 Å². The second-order valence-corrected chi connectivity index (χ2v) is 23.6. The molecule has 364 valence electrons. The summed E-state index contributed by atoms with van der Waals surface area (Å²) < 4.78 is 104. The van der Waals surface area contributed by atoms with Gasteiger partial charge in [0.05, 0.1) is 20.0 Å². The van der Waals surface area contributed by atoms with Gasteiger partial charge in [0, 0.05) is 48.4 Å². The summed E-state index contributed by atoms with van der Waals surface area (Å²) in [5.74, 6) is 1.11. The number of aromatic nitrogens is 3. The van der Waals surface area contributed by atoms with Crippen LogP contribution < -0.4 is 14.8 Å². The van der Waals surface area contributed by atoms with E-state index in [1.165, 1.54) is 57.4 Å². The number of nitrogens with zero attached hydrogens (tertiary/aromatic N) is 5. The molecule has 4 aromatic carbocycles. The van der Waals surface area contributed by atoms with Gasteiger partial charge in [-0.25, -0.2) is 52.9 Å². The lowest BCUT2D eigenvalue weighted by molar-refractivity contribution is 0.320. The lowest BCUT2D eigenvalue weighted by atomic mass is 10.1. The van der Waals surface area contributed by atoms with Crippen molar-refractivity contribution in [2.75, 3.05) is 27.9 Å². The van der Waals surface area contributed by atoms with Crippen molar-refractivity contribution in [1.82, 2.24) is 19.3 Å². The van der Waals surface area contributed by atoms with Gasteiger partial charge in [-0.2, -0.15) is 4.31 Å². The normalized spacial score (nSPS) is 13.2. The minimum Gasteiger partial charge on any atom is -0.384 e. The molecule has 3 N–H and O–H groups in total. The predicted molar refractivity (Wildman–Crippen MR) is 273 cm³/mol. The number of hydrogen-bond acceptors (Lipinski definition) is 12. The molecule has 69 heavy (non-hydrogen) atoms. The van der Waals surface area contributed by atoms with Crippen LogP contribution in [0.5, 0.6) is 0 Å². The lowest BCUT2D eigenvalue weighted by Gasteiger charge is -2.38. The maximum atomic E-state index is 13.7. The fraction of sp³-hybridized carbons (Fsp3) is 0.152. The number of nitrogens with two attached hydrogens (primary N) is 1. The Labute approximate surface area is 422 Å². The van der Waals surface area contributed by atoms with E-state index in [0.717, 1.165) is 12.0 Å². The topological polar surface area (TPSA) is 220 Å². The van der Waals surface area contributed by atoms with Crippen molar-refractivity contribution in [2.24, 2.45) is 0 Å². The molecule has 1 aliphatic heterocycles. The zero-order chi connectivity index (χ0) is 50.2. The molecule has 0 radical (unpaired) electrons. The Morgan fingerprint density at radius 3 is 1.49 bits per heavy atom. The summed E-state index contributed by atoms with van der Waals surface area (Å²) in [7, 11) is -10.0. The largest absolute Gasteiger partial charge is 0.384 e. The van der Waals surface area contributed by atoms with Crippen molar-refractivity contribution >= 4 is 102 Å². The molecule has 7 aromatic rings. The molecule has 1 fully saturated rings. The zero-order valence-electron chi connectivity index (χ0n) is 36.5. The standard InChI is InChI=1S/C24H26ClN3O4S2.C11H9ClN2O2S.C6H4Cl2O2S.C5H6N2/c1-2-19-10-12-21(13-11-19)33(29,30)27-17-14-20(15-18-27)28(24-9-5-6-16-26-24)34(31,32)23-8-4-3-7-22(23)25;12-9-5-1-2-6-10(9)17(15,16)14-11-7-3-4-8-13-11;7-5-3-1-2-4-6(5)11(8,9)10;6-5-3-1-2-4-7-5/h3-13,16,20H,2,14-15,17-18H2,1H3;1-8H,(H,13,14);1-4H;1-4H,(H2,6,7). The Kier molecular flexibility index (Phi) is 19.8. The molecule has 0 atom stereocenters. The summed E-state index contributed by atoms with van der Waals surface area (Å²) in [6.45, 7) is 2.41. The monoisotopic (exact) mass is 1090 g/mol. The second-order valence-electron chi connectivity index (χ2n) is 14.4. The summed E-state index contributed by atoms with van der Waals surface area (Å²) in [6.07, 6.45) is 6.18. The molecule has 3 aromatic heterocycles. The minimum absolute atomic E-state index is 0.00613. The number of piperidine rings is 1. The fourth-order valence-corrected chi connectivity index (χ4v) is 13.1. The van der Waals surface area contributed by atoms with Gasteiger partial charge >= 0.3 is 0 Å². The molecule has 8 rings (SSSR count). The maximum absolute atomic E-state index is 13.7. The third-order valence-corrected chi connectivity index (χ3v) is 17.7. The molecule has 0 unspecified atom stereocenters. The van der Waals surface area contributed by atoms with E-state index >= 15 is 0 Å². The van der Waals surface area contributed by atoms with Crippen LogP contribution in [0.15, 0.2) is 190 Å². The molecule has 15 nitrogen and oxygen atoms in total. The van der Waals surface area contributed by atoms with E-state index in [4.69, 9.17) is 51.2 Å². The van der Waals surface area contributed by atoms with E-state index in [2.05, 4.69) is 19.7 Å². The van der Waals surface area contributed by atoms with Gasteiger partial charge in [0.1, 0.15) is 32.1 Å². The number of nitrogen functional groups attached to an aromatic ring is 1. The van der Waals surface area contributed by atoms with Crippen LogP contribution in [0, 0.1) is 0 Å². The van der Waals surface area contributed by atoms with Crippen molar-refractivity contribution in [3.8, 4) is 0 Å². The average molecular weight is 1090 g/mol. The van der Waals surface area contributed by atoms with E-state index in [1.807, 2.05) is 31.2 Å². The van der Waals surface area contributed by atoms with Crippen molar-refractivity contribution in [3.63, 3.8) is 0 Å². The third-order valence-electron chi connectivity index (χ3n) is 9.79. The van der Waals surface area contributed by atoms with Crippen LogP contribution in [0.2, 0.25) is 15.1 Å². The number of aryl methyl sites for hydroxylation is 1. The molecule has 0 amide bonds. The molecular weight excluding hydrogens is 1050 g/mol. The molecule has 4 heterocycles. The second kappa shape index (κ2) is 25.0. The number of pyridine rings is 3. The van der Waals surface area contributed by atoms with Crippen LogP contribution in [-0.4, -0.2) is 72.1 Å². The first kappa shape index (κ1) is 54.6. The first-order valence-corrected chi connectivity index (χ1v) is 28.4. The smallest absolute Gasteiger partial charge is 0.267 e. The molecule has 0 bridgehead atoms. The molecule has 0 spiro atoms. The molecular formula is C46H45Cl4N7O8S4. The highest BCUT2D eigenvalue weighted by Gasteiger charge is 2.38. The van der Waals surface area contributed by atoms with Gasteiger partial charge in [-0.1, -0.05) is 108 Å². The van der Waals surface area contributed by atoms with E-state index in [1.54, 1.807) is 97.2 Å². The summed E-state index contributed by atoms with van der Waals surface area (Å²) in [5.41, 5.74) is 6.31. The number of nitrogens with one attached hydrogen (secondary N) is 1. The van der Waals surface area contributed by atoms with Crippen LogP contribution in [0.1, 0.15) is 25.3 Å². The van der Waals surface area contributed by atoms with E-state index in [-0.39, 0.29) is 59.4 Å². The Morgan fingerprint density at radius 2 is 1.07 bits per heavy atom. The number of halogens is 4. The van der Waals surface area contributed by atoms with Crippen molar-refractivity contribution in [3.05, 3.63) is 191 Å². The number of benzene rings is 4. The van der Waals surface area contributed by atoms with Crippen LogP contribution in [0.3, 0.4) is 0 Å². The van der Waals surface area contributed by atoms with E-state index in [0.29, 0.717) is 18.7 Å². The first-order chi connectivity index (χ1) is 32.8. The highest BCUT2D eigenvalue weighted by atomic mass is 35.7. The van der Waals surface area contributed by atoms with Gasteiger partial charge < -0.3 is 5.73 Å². The molecule has 1 saturated heterocycles. The maximum Gasteiger partial charge on any atom is 0.267 e. The van der Waals surface area contributed by atoms with Gasteiger partial charge in [-0.05, 0) is 110 Å². The average Bonchev–Trinajstić information content (AvgIpc) is 3.33. The predicted octanol–water partition coefficient (Wildman–Crippen LogP) is 9.81. The van der Waals surface area contributed by atoms with Crippen LogP contribution in [-0.2, 0) is 45.5 Å². The van der Waals surface area contributed by atoms with Gasteiger partial charge in [0.2, 0.25) is 10.0 Å². The quantitative estimate of drug-likeness (QED) is 0.116. The van der Waals surface area contributed by atoms with Crippen LogP contribution in [0.25, 0.3) is 0 Å². The number of rotatable bonds is 11. The Hall–Kier alpha value is -5.35. The summed E-state index contributed by atoms with van der Waals surface area (Å²) >= 11 is 17.6. The van der Waals surface area contributed by atoms with Crippen LogP contribution in [0.4, 0.5) is 17.5 Å². The van der Waals surface area contributed by atoms with Gasteiger partial charge in [-0.15, -0.1) is 0 Å². The SMILES string of the molecule is CCc1ccc(S(=O)(=O)N2CCC(N(c3ccccn3)S(=O)(=O)c3ccccc3Cl)CC2)cc1.Nc1ccccn1.O=S(=O)(Cl)c1ccccc1Cl.O=S(=O)(Nc1ccccn1)c1ccccc1Cl. The van der Waals surface area contributed by atoms with Gasteiger partial charge in [-0.3, -0.25) is 4.72 Å². The first-order valence-electron chi connectivity index (χ1n) is 20.6. The van der Waals surface area contributed by atoms with Crippen LogP contribution >= 0.6 is 45.5 Å². The summed E-state index contributed by atoms with van der Waals surface area (Å²) in [6, 6.07) is 40.4. The van der Waals surface area contributed by atoms with Gasteiger partial charge in [0.15, 0.2) is 0 Å². The highest BCUT2D eigenvalue weighted by molar-refractivity contribution is 8.13. The molecule has 0 saturated carbocycles. The number of sulfonamides is 3. The van der Waals surface area contributed by atoms with Crippen molar-refractivity contribution in [2.45, 2.75) is 51.8 Å². The Balaban J connectivity index is 0.000000208. The molecule has 1 aliphatic rings. The number of hydrogen-bond donors (Lipinski definition) is 2. The summed E-state index contributed by atoms with van der Waals surface area (Å²) in [5, 5.41) is 0.442. The van der Waals surface area contributed by atoms with Crippen molar-refractivity contribution < 1.29 is 33.7 Å². The van der Waals surface area contributed by atoms with E-state index < -0.39 is 45.2 Å². The minimum atomic E-state index is -4.03.